The number of rotatable bonds is 5. The van der Waals surface area contributed by atoms with Gasteiger partial charge in [0, 0.05) is 19.3 Å². The van der Waals surface area contributed by atoms with E-state index in [0.29, 0.717) is 19.3 Å². The Hall–Kier alpha value is -1.47. The molecule has 0 aliphatic carbocycles. The fourth-order valence-corrected chi connectivity index (χ4v) is 3.39. The number of aromatic nitrogens is 1. The lowest BCUT2D eigenvalue weighted by Crippen LogP contribution is -2.31. The predicted molar refractivity (Wildman–Crippen MR) is 63.4 cm³/mol. The van der Waals surface area contributed by atoms with E-state index < -0.39 is 15.9 Å². The van der Waals surface area contributed by atoms with Gasteiger partial charge >= 0.3 is 0 Å². The Morgan fingerprint density at radius 3 is 2.72 bits per heavy atom. The van der Waals surface area contributed by atoms with Gasteiger partial charge in [0.15, 0.2) is 5.03 Å². The molecule has 1 aliphatic rings. The Balaban J connectivity index is 2.18. The number of aliphatic hydroxyl groups is 1. The van der Waals surface area contributed by atoms with Crippen LogP contribution in [-0.2, 0) is 10.0 Å². The second-order valence-electron chi connectivity index (χ2n) is 4.02. The summed E-state index contributed by atoms with van der Waals surface area (Å²) in [4.78, 5) is 15.7. The first-order chi connectivity index (χ1) is 8.59. The number of fused-ring (bicyclic) bond motifs is 1. The van der Waals surface area contributed by atoms with Crippen molar-refractivity contribution in [1.29, 1.82) is 0 Å². The van der Waals surface area contributed by atoms with Gasteiger partial charge in [-0.15, -0.1) is 0 Å². The van der Waals surface area contributed by atoms with Gasteiger partial charge in [0.1, 0.15) is 0 Å². The van der Waals surface area contributed by atoms with Gasteiger partial charge in [0.25, 0.3) is 15.9 Å². The van der Waals surface area contributed by atoms with Crippen molar-refractivity contribution >= 4 is 15.9 Å². The monoisotopic (exact) mass is 270 g/mol. The second-order valence-corrected chi connectivity index (χ2v) is 5.80. The van der Waals surface area contributed by atoms with Gasteiger partial charge < -0.3 is 5.11 Å². The minimum Gasteiger partial charge on any atom is -0.396 e. The van der Waals surface area contributed by atoms with Gasteiger partial charge in [-0.1, -0.05) is 0 Å². The lowest BCUT2D eigenvalue weighted by molar-refractivity contribution is 0.0869. The van der Waals surface area contributed by atoms with Gasteiger partial charge in [-0.2, -0.15) is 8.42 Å². The van der Waals surface area contributed by atoms with Crippen LogP contribution in [0.3, 0.4) is 0 Å². The standard InChI is InChI=1S/C11H14N2O4S/c14-8-3-1-2-7-13-11(15)9-5-4-6-12-10(9)18(13,16)17/h4-6,14H,1-3,7-8H2. The number of aliphatic hydroxyl groups excluding tert-OH is 1. The van der Waals surface area contributed by atoms with Crippen LogP contribution in [0.4, 0.5) is 0 Å². The van der Waals surface area contributed by atoms with Gasteiger partial charge in [-0.05, 0) is 31.4 Å². The Kier molecular flexibility index (Phi) is 3.63. The zero-order chi connectivity index (χ0) is 13.2. The molecule has 1 aromatic rings. The Bertz CT molecular complexity index is 556. The van der Waals surface area contributed by atoms with Gasteiger partial charge in [-0.3, -0.25) is 4.79 Å². The highest BCUT2D eigenvalue weighted by Gasteiger charge is 2.41. The fourth-order valence-electron chi connectivity index (χ4n) is 1.87. The van der Waals surface area contributed by atoms with Crippen molar-refractivity contribution in [1.82, 2.24) is 9.29 Å². The van der Waals surface area contributed by atoms with Crippen LogP contribution in [0.15, 0.2) is 23.4 Å². The van der Waals surface area contributed by atoms with Crippen LogP contribution in [0.5, 0.6) is 0 Å². The van der Waals surface area contributed by atoms with Crippen LogP contribution in [0.25, 0.3) is 0 Å². The van der Waals surface area contributed by atoms with E-state index in [1.807, 2.05) is 0 Å². The average molecular weight is 270 g/mol. The van der Waals surface area contributed by atoms with Crippen molar-refractivity contribution < 1.29 is 18.3 Å². The number of nitrogens with zero attached hydrogens (tertiary/aromatic N) is 2. The minimum absolute atomic E-state index is 0.0719. The zero-order valence-electron chi connectivity index (χ0n) is 9.74. The molecular weight excluding hydrogens is 256 g/mol. The molecule has 0 radical (unpaired) electrons. The number of sulfonamides is 1. The highest BCUT2D eigenvalue weighted by atomic mass is 32.2. The Morgan fingerprint density at radius 2 is 2.06 bits per heavy atom. The predicted octanol–water partition coefficient (Wildman–Crippen LogP) is 0.389. The molecule has 1 aromatic heterocycles. The average Bonchev–Trinajstić information content (AvgIpc) is 2.55. The van der Waals surface area contributed by atoms with Crippen LogP contribution in [-0.4, -0.2) is 41.9 Å². The lowest BCUT2D eigenvalue weighted by Gasteiger charge is -2.13. The minimum atomic E-state index is -3.77. The molecule has 0 saturated carbocycles. The van der Waals surface area contributed by atoms with E-state index in [1.165, 1.54) is 12.3 Å². The SMILES string of the molecule is O=C1c2cccnc2S(=O)(=O)N1CCCCCO. The lowest BCUT2D eigenvalue weighted by atomic mass is 10.2. The van der Waals surface area contributed by atoms with Crippen LogP contribution < -0.4 is 0 Å². The summed E-state index contributed by atoms with van der Waals surface area (Å²) in [5.41, 5.74) is 0.139. The maximum Gasteiger partial charge on any atom is 0.285 e. The summed E-state index contributed by atoms with van der Waals surface area (Å²) in [6, 6.07) is 3.01. The summed E-state index contributed by atoms with van der Waals surface area (Å²) in [6.07, 6.45) is 3.19. The molecule has 2 heterocycles. The summed E-state index contributed by atoms with van der Waals surface area (Å²) in [7, 11) is -3.77. The van der Waals surface area contributed by atoms with Crippen molar-refractivity contribution in [3.63, 3.8) is 0 Å². The van der Waals surface area contributed by atoms with Crippen molar-refractivity contribution in [2.45, 2.75) is 24.3 Å². The topological polar surface area (TPSA) is 87.6 Å². The summed E-state index contributed by atoms with van der Waals surface area (Å²) >= 11 is 0. The molecule has 6 nitrogen and oxygen atoms in total. The molecule has 98 valence electrons. The van der Waals surface area contributed by atoms with Gasteiger partial charge in [-0.25, -0.2) is 9.29 Å². The first-order valence-electron chi connectivity index (χ1n) is 5.72. The van der Waals surface area contributed by atoms with E-state index in [-0.39, 0.29) is 23.7 Å². The van der Waals surface area contributed by atoms with Crippen molar-refractivity contribution in [2.75, 3.05) is 13.2 Å². The number of pyridine rings is 1. The molecule has 2 rings (SSSR count). The summed E-state index contributed by atoms with van der Waals surface area (Å²) in [5.74, 6) is -0.512. The Morgan fingerprint density at radius 1 is 1.28 bits per heavy atom. The second kappa shape index (κ2) is 5.03. The number of unbranched alkanes of at least 4 members (excludes halogenated alkanes) is 2. The van der Waals surface area contributed by atoms with E-state index in [2.05, 4.69) is 4.98 Å². The Labute approximate surface area is 105 Å². The van der Waals surface area contributed by atoms with E-state index in [9.17, 15) is 13.2 Å². The van der Waals surface area contributed by atoms with Crippen molar-refractivity contribution in [3.05, 3.63) is 23.9 Å². The van der Waals surface area contributed by atoms with E-state index in [4.69, 9.17) is 5.11 Å². The highest BCUT2D eigenvalue weighted by molar-refractivity contribution is 7.90. The van der Waals surface area contributed by atoms with Crippen LogP contribution in [0.1, 0.15) is 29.6 Å². The molecule has 1 amide bonds. The normalized spacial score (nSPS) is 16.9. The molecule has 1 N–H and O–H groups in total. The quantitative estimate of drug-likeness (QED) is 0.782. The zero-order valence-corrected chi connectivity index (χ0v) is 10.6. The molecule has 0 bridgehead atoms. The van der Waals surface area contributed by atoms with Crippen LogP contribution in [0, 0.1) is 0 Å². The molecule has 0 unspecified atom stereocenters. The van der Waals surface area contributed by atoms with Crippen molar-refractivity contribution in [2.24, 2.45) is 0 Å². The fraction of sp³-hybridized carbons (Fsp3) is 0.455. The first kappa shape index (κ1) is 13.0. The number of hydrogen-bond donors (Lipinski definition) is 1. The highest BCUT2D eigenvalue weighted by Crippen LogP contribution is 2.28. The smallest absolute Gasteiger partial charge is 0.285 e. The number of carbonyl (C=O) groups is 1. The summed E-state index contributed by atoms with van der Waals surface area (Å²) in [6.45, 7) is 0.208. The third-order valence-corrected chi connectivity index (χ3v) is 4.52. The van der Waals surface area contributed by atoms with Crippen LogP contribution >= 0.6 is 0 Å². The third-order valence-electron chi connectivity index (χ3n) is 2.78. The molecule has 0 aromatic carbocycles. The third kappa shape index (κ3) is 2.11. The molecule has 0 fully saturated rings. The molecule has 18 heavy (non-hydrogen) atoms. The van der Waals surface area contributed by atoms with E-state index >= 15 is 0 Å². The number of amides is 1. The number of carbonyl (C=O) groups excluding carboxylic acids is 1. The molecule has 0 saturated heterocycles. The maximum atomic E-state index is 12.1. The summed E-state index contributed by atoms with van der Waals surface area (Å²) < 4.78 is 25.0. The molecule has 1 aliphatic heterocycles. The van der Waals surface area contributed by atoms with E-state index in [1.54, 1.807) is 6.07 Å². The molecule has 0 spiro atoms. The molecular formula is C11H14N2O4S. The van der Waals surface area contributed by atoms with E-state index in [0.717, 1.165) is 4.31 Å². The maximum absolute atomic E-state index is 12.1. The first-order valence-corrected chi connectivity index (χ1v) is 7.16. The largest absolute Gasteiger partial charge is 0.396 e. The van der Waals surface area contributed by atoms with Crippen molar-refractivity contribution in [3.8, 4) is 0 Å². The van der Waals surface area contributed by atoms with Gasteiger partial charge in [0.2, 0.25) is 0 Å². The molecule has 0 atom stereocenters. The van der Waals surface area contributed by atoms with Crippen LogP contribution in [0.2, 0.25) is 0 Å². The summed E-state index contributed by atoms with van der Waals surface area (Å²) in [5, 5.41) is 8.49. The molecule has 7 heteroatoms. The van der Waals surface area contributed by atoms with Gasteiger partial charge in [0.05, 0.1) is 5.56 Å². The number of hydrogen-bond acceptors (Lipinski definition) is 5.